The van der Waals surface area contributed by atoms with Crippen molar-refractivity contribution in [2.75, 3.05) is 13.7 Å². The summed E-state index contributed by atoms with van der Waals surface area (Å²) >= 11 is 0. The maximum atomic E-state index is 5.88. The summed E-state index contributed by atoms with van der Waals surface area (Å²) in [5.74, 6) is 0.948. The van der Waals surface area contributed by atoms with Gasteiger partial charge in [-0.25, -0.2) is 0 Å². The van der Waals surface area contributed by atoms with Crippen LogP contribution in [0.4, 0.5) is 0 Å². The molecule has 0 fully saturated rings. The summed E-state index contributed by atoms with van der Waals surface area (Å²) in [4.78, 5) is 8.17. The number of hydrogen-bond acceptors (Lipinski definition) is 6. The van der Waals surface area contributed by atoms with Gasteiger partial charge in [-0.05, 0) is 18.6 Å². The first kappa shape index (κ1) is 11.7. The minimum atomic E-state index is -0.293. The van der Waals surface area contributed by atoms with Gasteiger partial charge in [-0.15, -0.1) is 0 Å². The SMILES string of the molecule is COCCC(N)c1nc(-c2ccncc2)no1. The molecule has 90 valence electrons. The number of nitrogens with zero attached hydrogens (tertiary/aromatic N) is 3. The molecule has 1 atom stereocenters. The van der Waals surface area contributed by atoms with Crippen molar-refractivity contribution >= 4 is 0 Å². The van der Waals surface area contributed by atoms with Crippen molar-refractivity contribution in [2.24, 2.45) is 5.73 Å². The van der Waals surface area contributed by atoms with Crippen LogP contribution in [0, 0.1) is 0 Å². The van der Waals surface area contributed by atoms with Gasteiger partial charge >= 0.3 is 0 Å². The van der Waals surface area contributed by atoms with Gasteiger partial charge in [0.1, 0.15) is 0 Å². The average molecular weight is 234 g/mol. The molecule has 2 aromatic rings. The summed E-state index contributed by atoms with van der Waals surface area (Å²) < 4.78 is 10.1. The topological polar surface area (TPSA) is 87.1 Å². The summed E-state index contributed by atoms with van der Waals surface area (Å²) in [5, 5.41) is 3.88. The van der Waals surface area contributed by atoms with Gasteiger partial charge < -0.3 is 15.0 Å². The lowest BCUT2D eigenvalue weighted by molar-refractivity contribution is 0.182. The van der Waals surface area contributed by atoms with Gasteiger partial charge in [0.2, 0.25) is 11.7 Å². The van der Waals surface area contributed by atoms with Crippen molar-refractivity contribution in [1.82, 2.24) is 15.1 Å². The largest absolute Gasteiger partial charge is 0.385 e. The van der Waals surface area contributed by atoms with Crippen LogP contribution in [0.15, 0.2) is 29.0 Å². The van der Waals surface area contributed by atoms with E-state index in [-0.39, 0.29) is 6.04 Å². The second-order valence-electron chi connectivity index (χ2n) is 3.58. The van der Waals surface area contributed by atoms with Gasteiger partial charge in [-0.1, -0.05) is 5.16 Å². The zero-order chi connectivity index (χ0) is 12.1. The van der Waals surface area contributed by atoms with Crippen molar-refractivity contribution in [1.29, 1.82) is 0 Å². The Morgan fingerprint density at radius 3 is 2.88 bits per heavy atom. The van der Waals surface area contributed by atoms with E-state index in [9.17, 15) is 0 Å². The van der Waals surface area contributed by atoms with Crippen LogP contribution < -0.4 is 5.73 Å². The Morgan fingerprint density at radius 2 is 2.18 bits per heavy atom. The van der Waals surface area contributed by atoms with Gasteiger partial charge in [-0.2, -0.15) is 4.98 Å². The van der Waals surface area contributed by atoms with Crippen LogP contribution in [0.2, 0.25) is 0 Å². The molecule has 17 heavy (non-hydrogen) atoms. The van der Waals surface area contributed by atoms with E-state index in [4.69, 9.17) is 15.0 Å². The lowest BCUT2D eigenvalue weighted by Gasteiger charge is -2.04. The Labute approximate surface area is 98.8 Å². The van der Waals surface area contributed by atoms with Crippen molar-refractivity contribution in [3.63, 3.8) is 0 Å². The number of nitrogens with two attached hydrogens (primary N) is 1. The van der Waals surface area contributed by atoms with Crippen LogP contribution in [-0.2, 0) is 4.74 Å². The molecule has 6 nitrogen and oxygen atoms in total. The normalized spacial score (nSPS) is 12.6. The molecule has 0 spiro atoms. The van der Waals surface area contributed by atoms with E-state index >= 15 is 0 Å². The molecule has 2 heterocycles. The lowest BCUT2D eigenvalue weighted by atomic mass is 10.2. The highest BCUT2D eigenvalue weighted by atomic mass is 16.5. The lowest BCUT2D eigenvalue weighted by Crippen LogP contribution is -2.12. The molecule has 0 aliphatic rings. The number of pyridine rings is 1. The average Bonchev–Trinajstić information content (AvgIpc) is 2.86. The van der Waals surface area contributed by atoms with E-state index in [1.807, 2.05) is 12.1 Å². The fourth-order valence-corrected chi connectivity index (χ4v) is 1.37. The van der Waals surface area contributed by atoms with Crippen LogP contribution in [-0.4, -0.2) is 28.8 Å². The molecule has 0 saturated heterocycles. The molecule has 0 aliphatic carbocycles. The van der Waals surface area contributed by atoms with Crippen LogP contribution in [0.25, 0.3) is 11.4 Å². The zero-order valence-corrected chi connectivity index (χ0v) is 9.54. The molecular weight excluding hydrogens is 220 g/mol. The molecule has 0 radical (unpaired) electrons. The zero-order valence-electron chi connectivity index (χ0n) is 9.54. The van der Waals surface area contributed by atoms with Crippen molar-refractivity contribution in [3.05, 3.63) is 30.4 Å². The van der Waals surface area contributed by atoms with E-state index in [0.29, 0.717) is 24.7 Å². The van der Waals surface area contributed by atoms with Gasteiger partial charge in [0, 0.05) is 31.7 Å². The van der Waals surface area contributed by atoms with Gasteiger partial charge in [-0.3, -0.25) is 4.98 Å². The Hall–Kier alpha value is -1.79. The third-order valence-electron chi connectivity index (χ3n) is 2.33. The standard InChI is InChI=1S/C11H14N4O2/c1-16-7-4-9(12)11-14-10(15-17-11)8-2-5-13-6-3-8/h2-3,5-6,9H,4,7,12H2,1H3. The molecule has 1 unspecified atom stereocenters. The van der Waals surface area contributed by atoms with Crippen LogP contribution in [0.5, 0.6) is 0 Å². The van der Waals surface area contributed by atoms with Gasteiger partial charge in [0.05, 0.1) is 6.04 Å². The maximum Gasteiger partial charge on any atom is 0.243 e. The monoisotopic (exact) mass is 234 g/mol. The van der Waals surface area contributed by atoms with Crippen LogP contribution in [0.1, 0.15) is 18.4 Å². The molecule has 0 aliphatic heterocycles. The van der Waals surface area contributed by atoms with E-state index in [1.165, 1.54) is 0 Å². The highest BCUT2D eigenvalue weighted by Gasteiger charge is 2.15. The highest BCUT2D eigenvalue weighted by Crippen LogP contribution is 2.18. The molecule has 0 amide bonds. The molecule has 0 bridgehead atoms. The molecule has 0 saturated carbocycles. The first-order valence-electron chi connectivity index (χ1n) is 5.30. The smallest absolute Gasteiger partial charge is 0.243 e. The number of hydrogen-bond donors (Lipinski definition) is 1. The molecular formula is C11H14N4O2. The Bertz CT molecular complexity index is 458. The van der Waals surface area contributed by atoms with E-state index in [1.54, 1.807) is 19.5 Å². The first-order valence-corrected chi connectivity index (χ1v) is 5.30. The minimum absolute atomic E-state index is 0.293. The molecule has 0 aromatic carbocycles. The number of methoxy groups -OCH3 is 1. The Kier molecular flexibility index (Phi) is 3.79. The van der Waals surface area contributed by atoms with Gasteiger partial charge in [0.25, 0.3) is 0 Å². The van der Waals surface area contributed by atoms with Crippen molar-refractivity contribution < 1.29 is 9.26 Å². The van der Waals surface area contributed by atoms with Crippen LogP contribution >= 0.6 is 0 Å². The summed E-state index contributed by atoms with van der Waals surface area (Å²) in [5.41, 5.74) is 6.74. The summed E-state index contributed by atoms with van der Waals surface area (Å²) in [6.45, 7) is 0.564. The number of aromatic nitrogens is 3. The Morgan fingerprint density at radius 1 is 1.41 bits per heavy atom. The Balaban J connectivity index is 2.11. The molecule has 2 rings (SSSR count). The second-order valence-corrected chi connectivity index (χ2v) is 3.58. The third kappa shape index (κ3) is 2.86. The first-order chi connectivity index (χ1) is 8.31. The predicted molar refractivity (Wildman–Crippen MR) is 61.0 cm³/mol. The van der Waals surface area contributed by atoms with Crippen LogP contribution in [0.3, 0.4) is 0 Å². The van der Waals surface area contributed by atoms with Crippen molar-refractivity contribution in [3.8, 4) is 11.4 Å². The van der Waals surface area contributed by atoms with E-state index < -0.39 is 0 Å². The highest BCUT2D eigenvalue weighted by molar-refractivity contribution is 5.52. The fourth-order valence-electron chi connectivity index (χ4n) is 1.37. The number of ether oxygens (including phenoxy) is 1. The summed E-state index contributed by atoms with van der Waals surface area (Å²) in [6.07, 6.45) is 4.00. The van der Waals surface area contributed by atoms with Crippen molar-refractivity contribution in [2.45, 2.75) is 12.5 Å². The molecule has 2 aromatic heterocycles. The number of rotatable bonds is 5. The van der Waals surface area contributed by atoms with E-state index in [2.05, 4.69) is 15.1 Å². The predicted octanol–water partition coefficient (Wildman–Crippen LogP) is 1.17. The summed E-state index contributed by atoms with van der Waals surface area (Å²) in [6, 6.07) is 3.34. The van der Waals surface area contributed by atoms with Gasteiger partial charge in [0.15, 0.2) is 0 Å². The molecule has 2 N–H and O–H groups in total. The minimum Gasteiger partial charge on any atom is -0.385 e. The fraction of sp³-hybridized carbons (Fsp3) is 0.364. The molecule has 6 heteroatoms. The second kappa shape index (κ2) is 5.51. The third-order valence-corrected chi connectivity index (χ3v) is 2.33. The van der Waals surface area contributed by atoms with E-state index in [0.717, 1.165) is 5.56 Å². The summed E-state index contributed by atoms with van der Waals surface area (Å²) in [7, 11) is 1.63. The quantitative estimate of drug-likeness (QED) is 0.835. The maximum absolute atomic E-state index is 5.88.